The first-order chi connectivity index (χ1) is 10.6. The van der Waals surface area contributed by atoms with Gasteiger partial charge in [0, 0.05) is 35.8 Å². The molecule has 0 aromatic heterocycles. The lowest BCUT2D eigenvalue weighted by Gasteiger charge is -2.14. The number of carbonyl (C=O) groups is 1. The Morgan fingerprint density at radius 3 is 2.36 bits per heavy atom. The summed E-state index contributed by atoms with van der Waals surface area (Å²) in [6, 6.07) is 12.6. The predicted octanol–water partition coefficient (Wildman–Crippen LogP) is 4.60. The van der Waals surface area contributed by atoms with E-state index in [-0.39, 0.29) is 5.78 Å². The molecule has 1 aliphatic heterocycles. The molecular formula is C18H15Cl2NO. The van der Waals surface area contributed by atoms with E-state index < -0.39 is 0 Å². The third-order valence-corrected chi connectivity index (χ3v) is 4.25. The molecule has 0 aliphatic carbocycles. The number of hydrogen-bond acceptors (Lipinski definition) is 2. The Kier molecular flexibility index (Phi) is 4.63. The number of carbonyl (C=O) groups excluding carboxylic acids is 1. The monoisotopic (exact) mass is 331 g/mol. The molecule has 0 amide bonds. The maximum atomic E-state index is 12.5. The lowest BCUT2D eigenvalue weighted by atomic mass is 10.0. The van der Waals surface area contributed by atoms with E-state index >= 15 is 0 Å². The average molecular weight is 332 g/mol. The number of halogens is 2. The van der Waals surface area contributed by atoms with Gasteiger partial charge in [-0.15, -0.1) is 0 Å². The zero-order chi connectivity index (χ0) is 15.5. The first-order valence-corrected chi connectivity index (χ1v) is 7.85. The van der Waals surface area contributed by atoms with Crippen molar-refractivity contribution in [1.82, 2.24) is 4.90 Å². The molecule has 0 fully saturated rings. The van der Waals surface area contributed by atoms with Gasteiger partial charge in [0.2, 0.25) is 0 Å². The summed E-state index contributed by atoms with van der Waals surface area (Å²) < 4.78 is 0. The molecule has 0 unspecified atom stereocenters. The summed E-state index contributed by atoms with van der Waals surface area (Å²) in [4.78, 5) is 14.8. The molecule has 0 bridgehead atoms. The molecule has 2 aromatic rings. The zero-order valence-corrected chi connectivity index (χ0v) is 13.4. The molecule has 112 valence electrons. The maximum Gasteiger partial charge on any atom is 0.194 e. The van der Waals surface area contributed by atoms with Crippen LogP contribution in [0.4, 0.5) is 0 Å². The molecule has 0 saturated heterocycles. The fourth-order valence-corrected chi connectivity index (χ4v) is 2.87. The lowest BCUT2D eigenvalue weighted by molar-refractivity contribution is 0.103. The van der Waals surface area contributed by atoms with Gasteiger partial charge < -0.3 is 0 Å². The van der Waals surface area contributed by atoms with E-state index in [1.165, 1.54) is 5.56 Å². The molecule has 0 radical (unpaired) electrons. The van der Waals surface area contributed by atoms with Crippen LogP contribution in [-0.2, 0) is 6.54 Å². The SMILES string of the molecule is O=C(c1ccc(CN2CC=CC2)cc1)c1cc(Cl)ccc1Cl. The number of hydrogen-bond donors (Lipinski definition) is 0. The summed E-state index contributed by atoms with van der Waals surface area (Å²) in [5.74, 6) is -0.109. The Morgan fingerprint density at radius 1 is 1.00 bits per heavy atom. The van der Waals surface area contributed by atoms with Crippen molar-refractivity contribution in [2.45, 2.75) is 6.54 Å². The van der Waals surface area contributed by atoms with Crippen LogP contribution in [0.15, 0.2) is 54.6 Å². The van der Waals surface area contributed by atoms with Crippen LogP contribution in [0.2, 0.25) is 10.0 Å². The Balaban J connectivity index is 1.77. The van der Waals surface area contributed by atoms with Gasteiger partial charge in [-0.3, -0.25) is 9.69 Å². The van der Waals surface area contributed by atoms with Crippen LogP contribution in [0.5, 0.6) is 0 Å². The quantitative estimate of drug-likeness (QED) is 0.603. The van der Waals surface area contributed by atoms with Crippen molar-refractivity contribution < 1.29 is 4.79 Å². The second kappa shape index (κ2) is 6.66. The molecule has 22 heavy (non-hydrogen) atoms. The van der Waals surface area contributed by atoms with Crippen LogP contribution in [0.25, 0.3) is 0 Å². The molecule has 1 aliphatic rings. The van der Waals surface area contributed by atoms with Gasteiger partial charge in [0.05, 0.1) is 5.02 Å². The minimum atomic E-state index is -0.109. The molecular weight excluding hydrogens is 317 g/mol. The third-order valence-electron chi connectivity index (χ3n) is 3.69. The molecule has 0 N–H and O–H groups in total. The molecule has 2 aromatic carbocycles. The molecule has 3 rings (SSSR count). The van der Waals surface area contributed by atoms with Gasteiger partial charge in [0.15, 0.2) is 5.78 Å². The van der Waals surface area contributed by atoms with Crippen molar-refractivity contribution in [1.29, 1.82) is 0 Å². The highest BCUT2D eigenvalue weighted by Gasteiger charge is 2.14. The summed E-state index contributed by atoms with van der Waals surface area (Å²) in [5.41, 5.74) is 2.25. The molecule has 0 atom stereocenters. The van der Waals surface area contributed by atoms with E-state index in [2.05, 4.69) is 17.1 Å². The van der Waals surface area contributed by atoms with Crippen molar-refractivity contribution in [2.24, 2.45) is 0 Å². The van der Waals surface area contributed by atoms with Crippen LogP contribution in [-0.4, -0.2) is 23.8 Å². The van der Waals surface area contributed by atoms with E-state index in [1.54, 1.807) is 18.2 Å². The molecule has 1 heterocycles. The maximum absolute atomic E-state index is 12.5. The first kappa shape index (κ1) is 15.3. The van der Waals surface area contributed by atoms with Crippen molar-refractivity contribution in [2.75, 3.05) is 13.1 Å². The van der Waals surface area contributed by atoms with Gasteiger partial charge in [-0.2, -0.15) is 0 Å². The fourth-order valence-electron chi connectivity index (χ4n) is 2.50. The zero-order valence-electron chi connectivity index (χ0n) is 11.9. The number of benzene rings is 2. The summed E-state index contributed by atoms with van der Waals surface area (Å²) in [6.07, 6.45) is 4.33. The van der Waals surface area contributed by atoms with E-state index in [0.717, 1.165) is 19.6 Å². The Labute approximate surface area is 140 Å². The Bertz CT molecular complexity index is 714. The van der Waals surface area contributed by atoms with E-state index in [9.17, 15) is 4.79 Å². The third kappa shape index (κ3) is 3.41. The van der Waals surface area contributed by atoms with Crippen molar-refractivity contribution >= 4 is 29.0 Å². The highest BCUT2D eigenvalue weighted by atomic mass is 35.5. The minimum Gasteiger partial charge on any atom is -0.292 e. The number of rotatable bonds is 4. The molecule has 0 spiro atoms. The first-order valence-electron chi connectivity index (χ1n) is 7.09. The smallest absolute Gasteiger partial charge is 0.194 e. The highest BCUT2D eigenvalue weighted by molar-refractivity contribution is 6.36. The van der Waals surface area contributed by atoms with Gasteiger partial charge in [-0.1, -0.05) is 59.6 Å². The van der Waals surface area contributed by atoms with Crippen LogP contribution in [0.3, 0.4) is 0 Å². The second-order valence-electron chi connectivity index (χ2n) is 5.32. The van der Waals surface area contributed by atoms with E-state index in [1.807, 2.05) is 24.3 Å². The van der Waals surface area contributed by atoms with Crippen molar-refractivity contribution in [3.63, 3.8) is 0 Å². The Hall–Kier alpha value is -1.61. The van der Waals surface area contributed by atoms with E-state index in [0.29, 0.717) is 21.2 Å². The summed E-state index contributed by atoms with van der Waals surface area (Å²) >= 11 is 12.0. The fraction of sp³-hybridized carbons (Fsp3) is 0.167. The predicted molar refractivity (Wildman–Crippen MR) is 90.8 cm³/mol. The standard InChI is InChI=1S/C18H15Cl2NO/c19-15-7-8-17(20)16(11-15)18(22)14-5-3-13(4-6-14)12-21-9-1-2-10-21/h1-8,11H,9-10,12H2. The van der Waals surface area contributed by atoms with E-state index in [4.69, 9.17) is 23.2 Å². The summed E-state index contributed by atoms with van der Waals surface area (Å²) in [6.45, 7) is 2.86. The minimum absolute atomic E-state index is 0.109. The van der Waals surface area contributed by atoms with Gasteiger partial charge in [0.25, 0.3) is 0 Å². The van der Waals surface area contributed by atoms with Crippen molar-refractivity contribution in [3.8, 4) is 0 Å². The van der Waals surface area contributed by atoms with Gasteiger partial charge >= 0.3 is 0 Å². The van der Waals surface area contributed by atoms with Gasteiger partial charge in [0.1, 0.15) is 0 Å². The van der Waals surface area contributed by atoms with Gasteiger partial charge in [-0.25, -0.2) is 0 Å². The lowest BCUT2D eigenvalue weighted by Crippen LogP contribution is -2.19. The number of ketones is 1. The van der Waals surface area contributed by atoms with Crippen LogP contribution in [0.1, 0.15) is 21.5 Å². The summed E-state index contributed by atoms with van der Waals surface area (Å²) in [7, 11) is 0. The molecule has 4 heteroatoms. The normalized spacial score (nSPS) is 14.5. The second-order valence-corrected chi connectivity index (χ2v) is 6.16. The largest absolute Gasteiger partial charge is 0.292 e. The topological polar surface area (TPSA) is 20.3 Å². The van der Waals surface area contributed by atoms with Gasteiger partial charge in [-0.05, 0) is 23.8 Å². The highest BCUT2D eigenvalue weighted by Crippen LogP contribution is 2.23. The van der Waals surface area contributed by atoms with Crippen LogP contribution >= 0.6 is 23.2 Å². The van der Waals surface area contributed by atoms with Crippen LogP contribution < -0.4 is 0 Å². The van der Waals surface area contributed by atoms with Crippen LogP contribution in [0, 0.1) is 0 Å². The molecule has 2 nitrogen and oxygen atoms in total. The Morgan fingerprint density at radius 2 is 1.68 bits per heavy atom. The number of nitrogens with zero attached hydrogens (tertiary/aromatic N) is 1. The molecule has 0 saturated carbocycles. The summed E-state index contributed by atoms with van der Waals surface area (Å²) in [5, 5.41) is 0.924. The van der Waals surface area contributed by atoms with Crippen molar-refractivity contribution in [3.05, 3.63) is 81.4 Å². The average Bonchev–Trinajstić information content (AvgIpc) is 3.03.